The number of rotatable bonds is 5. The summed E-state index contributed by atoms with van der Waals surface area (Å²) in [4.78, 5) is 25.7. The summed E-state index contributed by atoms with van der Waals surface area (Å²) in [5, 5.41) is 8.21. The van der Waals surface area contributed by atoms with Gasteiger partial charge in [-0.2, -0.15) is 10.1 Å². The van der Waals surface area contributed by atoms with Crippen molar-refractivity contribution >= 4 is 63.9 Å². The van der Waals surface area contributed by atoms with E-state index >= 15 is 0 Å². The first kappa shape index (κ1) is 22.1. The van der Waals surface area contributed by atoms with Gasteiger partial charge in [0, 0.05) is 10.0 Å². The van der Waals surface area contributed by atoms with Crippen LogP contribution < -0.4 is 14.5 Å². The number of ether oxygens (including phenoxy) is 2. The van der Waals surface area contributed by atoms with Gasteiger partial charge in [-0.1, -0.05) is 35.3 Å². The van der Waals surface area contributed by atoms with E-state index in [1.807, 2.05) is 0 Å². The molecule has 6 nitrogen and oxygen atoms in total. The zero-order valence-corrected chi connectivity index (χ0v) is 19.3. The highest BCUT2D eigenvalue weighted by Crippen LogP contribution is 2.33. The SMILES string of the molecule is COc1cc(/C=C2\C(=O)N(c3cc(Cl)cc(Cl)c3)N=C2C)ccc1OC(=O)c1cccs1. The minimum atomic E-state index is -0.464. The third kappa shape index (κ3) is 4.55. The molecule has 0 atom stereocenters. The van der Waals surface area contributed by atoms with Gasteiger partial charge >= 0.3 is 5.97 Å². The van der Waals surface area contributed by atoms with E-state index in [0.29, 0.717) is 43.2 Å². The Balaban J connectivity index is 1.60. The van der Waals surface area contributed by atoms with Crippen LogP contribution in [0.1, 0.15) is 22.2 Å². The summed E-state index contributed by atoms with van der Waals surface area (Å²) < 4.78 is 10.8. The van der Waals surface area contributed by atoms with Crippen LogP contribution >= 0.6 is 34.5 Å². The van der Waals surface area contributed by atoms with Gasteiger partial charge in [0.15, 0.2) is 11.5 Å². The lowest BCUT2D eigenvalue weighted by Gasteiger charge is -2.12. The van der Waals surface area contributed by atoms with Crippen LogP contribution in [0.4, 0.5) is 5.69 Å². The summed E-state index contributed by atoms with van der Waals surface area (Å²) in [7, 11) is 1.48. The predicted octanol–water partition coefficient (Wildman–Crippen LogP) is 6.09. The van der Waals surface area contributed by atoms with Crippen molar-refractivity contribution in [1.29, 1.82) is 0 Å². The Bertz CT molecular complexity index is 1250. The van der Waals surface area contributed by atoms with Crippen LogP contribution in [0.25, 0.3) is 6.08 Å². The highest BCUT2D eigenvalue weighted by Gasteiger charge is 2.29. The fourth-order valence-electron chi connectivity index (χ4n) is 3.09. The lowest BCUT2D eigenvalue weighted by Crippen LogP contribution is -2.21. The number of hydrogen-bond acceptors (Lipinski definition) is 6. The molecule has 1 aliphatic heterocycles. The van der Waals surface area contributed by atoms with Crippen LogP contribution in [-0.2, 0) is 4.79 Å². The number of esters is 1. The first-order valence-corrected chi connectivity index (χ1v) is 11.0. The van der Waals surface area contributed by atoms with Gasteiger partial charge in [0.25, 0.3) is 5.91 Å². The van der Waals surface area contributed by atoms with Gasteiger partial charge in [-0.15, -0.1) is 11.3 Å². The van der Waals surface area contributed by atoms with Gasteiger partial charge in [0.1, 0.15) is 4.88 Å². The Morgan fingerprint density at radius 3 is 2.50 bits per heavy atom. The zero-order chi connectivity index (χ0) is 22.8. The summed E-state index contributed by atoms with van der Waals surface area (Å²) in [5.74, 6) is -0.128. The normalized spacial score (nSPS) is 14.6. The molecule has 0 bridgehead atoms. The molecule has 1 aromatic heterocycles. The Morgan fingerprint density at radius 2 is 1.84 bits per heavy atom. The molecule has 0 N–H and O–H groups in total. The van der Waals surface area contributed by atoms with Crippen LogP contribution in [0.3, 0.4) is 0 Å². The second-order valence-electron chi connectivity index (χ2n) is 6.77. The van der Waals surface area contributed by atoms with Gasteiger partial charge in [0.05, 0.1) is 24.1 Å². The van der Waals surface area contributed by atoms with Crippen molar-refractivity contribution in [1.82, 2.24) is 0 Å². The largest absolute Gasteiger partial charge is 0.493 e. The van der Waals surface area contributed by atoms with Crippen LogP contribution in [0, 0.1) is 0 Å². The number of carbonyl (C=O) groups excluding carboxylic acids is 2. The average molecular weight is 487 g/mol. The number of methoxy groups -OCH3 is 1. The standard InChI is InChI=1S/C23H16Cl2N2O4S/c1-13-18(22(28)27(26-13)17-11-15(24)10-16(25)12-17)8-14-5-6-19(20(9-14)30-2)31-23(29)21-4-3-7-32-21/h3-12H,1-2H3/b18-8-. The molecule has 3 aromatic rings. The molecular weight excluding hydrogens is 471 g/mol. The Morgan fingerprint density at radius 1 is 1.09 bits per heavy atom. The summed E-state index contributed by atoms with van der Waals surface area (Å²) in [6.07, 6.45) is 1.70. The van der Waals surface area contributed by atoms with Crippen molar-refractivity contribution < 1.29 is 19.1 Å². The minimum absolute atomic E-state index is 0.284. The van der Waals surface area contributed by atoms with Crippen molar-refractivity contribution in [2.75, 3.05) is 12.1 Å². The summed E-state index contributed by atoms with van der Waals surface area (Å²) in [5.41, 5.74) is 2.11. The molecule has 2 heterocycles. The van der Waals surface area contributed by atoms with E-state index in [-0.39, 0.29) is 11.7 Å². The molecule has 0 saturated carbocycles. The van der Waals surface area contributed by atoms with Gasteiger partial charge < -0.3 is 9.47 Å². The molecule has 32 heavy (non-hydrogen) atoms. The molecule has 0 fully saturated rings. The topological polar surface area (TPSA) is 68.2 Å². The first-order valence-electron chi connectivity index (χ1n) is 9.37. The fourth-order valence-corrected chi connectivity index (χ4v) is 4.20. The molecule has 4 rings (SSSR count). The molecule has 2 aromatic carbocycles. The number of nitrogens with zero attached hydrogens (tertiary/aromatic N) is 2. The molecule has 1 amide bonds. The molecule has 9 heteroatoms. The van der Waals surface area contributed by atoms with E-state index in [2.05, 4.69) is 5.10 Å². The predicted molar refractivity (Wildman–Crippen MR) is 127 cm³/mol. The van der Waals surface area contributed by atoms with Crippen molar-refractivity contribution in [2.45, 2.75) is 6.92 Å². The van der Waals surface area contributed by atoms with Crippen LogP contribution in [0.2, 0.25) is 10.0 Å². The maximum Gasteiger partial charge on any atom is 0.353 e. The van der Waals surface area contributed by atoms with Crippen molar-refractivity contribution in [3.8, 4) is 11.5 Å². The van der Waals surface area contributed by atoms with Crippen LogP contribution in [0.15, 0.2) is 64.6 Å². The molecule has 0 aliphatic carbocycles. The highest BCUT2D eigenvalue weighted by molar-refractivity contribution is 7.12. The molecule has 0 unspecified atom stereocenters. The summed E-state index contributed by atoms with van der Waals surface area (Å²) in [6.45, 7) is 1.74. The first-order chi connectivity index (χ1) is 15.4. The van der Waals surface area contributed by atoms with Crippen molar-refractivity contribution in [3.05, 3.63) is 80.0 Å². The van der Waals surface area contributed by atoms with E-state index in [1.165, 1.54) is 23.5 Å². The van der Waals surface area contributed by atoms with Gasteiger partial charge in [-0.05, 0) is 60.3 Å². The third-order valence-corrected chi connectivity index (χ3v) is 5.86. The summed E-state index contributed by atoms with van der Waals surface area (Å²) >= 11 is 13.4. The van der Waals surface area contributed by atoms with Crippen molar-refractivity contribution in [3.63, 3.8) is 0 Å². The second kappa shape index (κ2) is 9.16. The second-order valence-corrected chi connectivity index (χ2v) is 8.59. The minimum Gasteiger partial charge on any atom is -0.493 e. The number of halogens is 2. The Kier molecular flexibility index (Phi) is 6.32. The van der Waals surface area contributed by atoms with E-state index < -0.39 is 5.97 Å². The maximum atomic E-state index is 13.0. The number of anilines is 1. The highest BCUT2D eigenvalue weighted by atomic mass is 35.5. The molecule has 0 radical (unpaired) electrons. The lowest BCUT2D eigenvalue weighted by molar-refractivity contribution is -0.114. The number of benzene rings is 2. The number of carbonyl (C=O) groups is 2. The Hall–Kier alpha value is -3.13. The van der Waals surface area contributed by atoms with E-state index in [0.717, 1.165) is 0 Å². The van der Waals surface area contributed by atoms with E-state index in [4.69, 9.17) is 32.7 Å². The number of hydrazone groups is 1. The lowest BCUT2D eigenvalue weighted by atomic mass is 10.1. The fraction of sp³-hybridized carbons (Fsp3) is 0.0870. The number of thiophene rings is 1. The maximum absolute atomic E-state index is 13.0. The zero-order valence-electron chi connectivity index (χ0n) is 17.0. The van der Waals surface area contributed by atoms with Gasteiger partial charge in [-0.25, -0.2) is 4.79 Å². The molecule has 162 valence electrons. The number of amides is 1. The quantitative estimate of drug-likeness (QED) is 0.248. The van der Waals surface area contributed by atoms with Crippen LogP contribution in [-0.4, -0.2) is 24.7 Å². The monoisotopic (exact) mass is 486 g/mol. The van der Waals surface area contributed by atoms with Crippen LogP contribution in [0.5, 0.6) is 11.5 Å². The molecule has 1 aliphatic rings. The molecule has 0 spiro atoms. The average Bonchev–Trinajstić information content (AvgIpc) is 3.38. The summed E-state index contributed by atoms with van der Waals surface area (Å²) in [6, 6.07) is 13.3. The van der Waals surface area contributed by atoms with E-state index in [1.54, 1.807) is 66.9 Å². The van der Waals surface area contributed by atoms with Gasteiger partial charge in [0.2, 0.25) is 0 Å². The Labute approximate surface area is 198 Å². The molecule has 0 saturated heterocycles. The third-order valence-electron chi connectivity index (χ3n) is 4.58. The number of hydrogen-bond donors (Lipinski definition) is 0. The van der Waals surface area contributed by atoms with Gasteiger partial charge in [-0.3, -0.25) is 4.79 Å². The smallest absolute Gasteiger partial charge is 0.353 e. The van der Waals surface area contributed by atoms with Crippen molar-refractivity contribution in [2.24, 2.45) is 5.10 Å². The molecular formula is C23H16Cl2N2O4S. The van der Waals surface area contributed by atoms with E-state index in [9.17, 15) is 9.59 Å².